The molecule has 3 N–H and O–H groups in total. The lowest BCUT2D eigenvalue weighted by Gasteiger charge is -2.13. The lowest BCUT2D eigenvalue weighted by atomic mass is 10.0. The fraction of sp³-hybridized carbons (Fsp3) is 0.867. The van der Waals surface area contributed by atoms with Crippen LogP contribution in [0, 0.1) is 11.8 Å². The van der Waals surface area contributed by atoms with Gasteiger partial charge in [-0.3, -0.25) is 9.79 Å². The van der Waals surface area contributed by atoms with E-state index >= 15 is 0 Å². The van der Waals surface area contributed by atoms with E-state index in [1.165, 1.54) is 38.5 Å². The van der Waals surface area contributed by atoms with Crippen LogP contribution in [0.15, 0.2) is 4.99 Å². The highest BCUT2D eigenvalue weighted by molar-refractivity contribution is 14.0. The van der Waals surface area contributed by atoms with Crippen LogP contribution in [0.5, 0.6) is 0 Å². The number of hydrogen-bond acceptors (Lipinski definition) is 2. The van der Waals surface area contributed by atoms with Crippen molar-refractivity contribution in [2.24, 2.45) is 16.8 Å². The van der Waals surface area contributed by atoms with Crippen molar-refractivity contribution in [2.45, 2.75) is 44.9 Å². The standard InChI is InChI=1S/C15H28N4O.HI/c1-16-15(19-11-13-6-7-13)18-9-8-17-14(20)10-12-4-2-3-5-12;/h12-13H,2-11H2,1H3,(H,17,20)(H2,16,18,19);1H. The Morgan fingerprint density at radius 1 is 1.00 bits per heavy atom. The summed E-state index contributed by atoms with van der Waals surface area (Å²) in [6.07, 6.45) is 8.41. The Hall–Kier alpha value is -0.530. The van der Waals surface area contributed by atoms with Crippen molar-refractivity contribution in [3.63, 3.8) is 0 Å². The number of rotatable bonds is 7. The molecule has 1 amide bonds. The minimum absolute atomic E-state index is 0. The minimum Gasteiger partial charge on any atom is -0.356 e. The summed E-state index contributed by atoms with van der Waals surface area (Å²) in [7, 11) is 1.78. The number of hydrogen-bond donors (Lipinski definition) is 3. The van der Waals surface area contributed by atoms with Crippen molar-refractivity contribution in [1.82, 2.24) is 16.0 Å². The normalized spacial score (nSPS) is 19.0. The van der Waals surface area contributed by atoms with Gasteiger partial charge in [0.05, 0.1) is 0 Å². The predicted molar refractivity (Wildman–Crippen MR) is 97.1 cm³/mol. The van der Waals surface area contributed by atoms with E-state index in [0.29, 0.717) is 18.9 Å². The highest BCUT2D eigenvalue weighted by Gasteiger charge is 2.21. The molecule has 6 heteroatoms. The number of nitrogens with zero attached hydrogens (tertiary/aromatic N) is 1. The second-order valence-electron chi connectivity index (χ2n) is 6.03. The summed E-state index contributed by atoms with van der Waals surface area (Å²) in [6.45, 7) is 2.39. The summed E-state index contributed by atoms with van der Waals surface area (Å²) in [5.74, 6) is 2.48. The summed E-state index contributed by atoms with van der Waals surface area (Å²) in [5, 5.41) is 9.51. The SMILES string of the molecule is CN=C(NCCNC(=O)CC1CCCC1)NCC1CC1.I. The van der Waals surface area contributed by atoms with Crippen molar-refractivity contribution in [3.8, 4) is 0 Å². The van der Waals surface area contributed by atoms with Crippen molar-refractivity contribution in [3.05, 3.63) is 0 Å². The Kier molecular flexibility index (Phi) is 9.03. The van der Waals surface area contributed by atoms with Gasteiger partial charge in [0.15, 0.2) is 5.96 Å². The molecule has 0 aromatic carbocycles. The molecule has 2 fully saturated rings. The molecule has 21 heavy (non-hydrogen) atoms. The number of carbonyl (C=O) groups is 1. The molecule has 0 aromatic rings. The molecule has 0 saturated heterocycles. The average molecular weight is 408 g/mol. The summed E-state index contributed by atoms with van der Waals surface area (Å²) < 4.78 is 0. The molecule has 2 aliphatic rings. The third kappa shape index (κ3) is 7.87. The predicted octanol–water partition coefficient (Wildman–Crippen LogP) is 1.88. The Morgan fingerprint density at radius 2 is 1.67 bits per heavy atom. The third-order valence-corrected chi connectivity index (χ3v) is 4.17. The molecule has 0 radical (unpaired) electrons. The number of aliphatic imine (C=N–C) groups is 1. The fourth-order valence-electron chi connectivity index (χ4n) is 2.72. The van der Waals surface area contributed by atoms with Crippen LogP contribution in [-0.4, -0.2) is 38.5 Å². The smallest absolute Gasteiger partial charge is 0.220 e. The summed E-state index contributed by atoms with van der Waals surface area (Å²) in [6, 6.07) is 0. The van der Waals surface area contributed by atoms with E-state index in [-0.39, 0.29) is 29.9 Å². The van der Waals surface area contributed by atoms with Crippen molar-refractivity contribution in [1.29, 1.82) is 0 Å². The Morgan fingerprint density at radius 3 is 2.29 bits per heavy atom. The molecule has 2 rings (SSSR count). The van der Waals surface area contributed by atoms with Gasteiger partial charge in [0.2, 0.25) is 5.91 Å². The zero-order valence-corrected chi connectivity index (χ0v) is 15.3. The maximum absolute atomic E-state index is 11.8. The largest absolute Gasteiger partial charge is 0.356 e. The van der Waals surface area contributed by atoms with Gasteiger partial charge < -0.3 is 16.0 Å². The first kappa shape index (κ1) is 18.5. The van der Waals surface area contributed by atoms with Crippen molar-refractivity contribution >= 4 is 35.8 Å². The Bertz CT molecular complexity index is 339. The van der Waals surface area contributed by atoms with E-state index in [9.17, 15) is 4.79 Å². The van der Waals surface area contributed by atoms with Crippen LogP contribution in [0.4, 0.5) is 0 Å². The zero-order chi connectivity index (χ0) is 14.2. The monoisotopic (exact) mass is 408 g/mol. The molecular formula is C15H29IN4O. The number of guanidine groups is 1. The van der Waals surface area contributed by atoms with E-state index in [1.54, 1.807) is 7.05 Å². The van der Waals surface area contributed by atoms with E-state index < -0.39 is 0 Å². The van der Waals surface area contributed by atoms with Gasteiger partial charge in [0.1, 0.15) is 0 Å². The van der Waals surface area contributed by atoms with Crippen LogP contribution in [0.2, 0.25) is 0 Å². The Labute approximate surface area is 145 Å². The molecule has 0 aromatic heterocycles. The van der Waals surface area contributed by atoms with Gasteiger partial charge in [-0.1, -0.05) is 12.8 Å². The summed E-state index contributed by atoms with van der Waals surface area (Å²) >= 11 is 0. The zero-order valence-electron chi connectivity index (χ0n) is 13.0. The van der Waals surface area contributed by atoms with E-state index in [1.807, 2.05) is 0 Å². The maximum Gasteiger partial charge on any atom is 0.220 e. The lowest BCUT2D eigenvalue weighted by Crippen LogP contribution is -2.42. The topological polar surface area (TPSA) is 65.5 Å². The van der Waals surface area contributed by atoms with Crippen LogP contribution in [-0.2, 0) is 4.79 Å². The second kappa shape index (κ2) is 10.2. The van der Waals surface area contributed by atoms with Crippen molar-refractivity contribution < 1.29 is 4.79 Å². The Balaban J connectivity index is 0.00000220. The fourth-order valence-corrected chi connectivity index (χ4v) is 2.72. The molecule has 2 saturated carbocycles. The third-order valence-electron chi connectivity index (χ3n) is 4.17. The molecule has 2 aliphatic carbocycles. The second-order valence-corrected chi connectivity index (χ2v) is 6.03. The molecule has 0 spiro atoms. The summed E-state index contributed by atoms with van der Waals surface area (Å²) in [5.41, 5.74) is 0. The van der Waals surface area contributed by atoms with Gasteiger partial charge in [0, 0.05) is 33.1 Å². The molecule has 0 bridgehead atoms. The first-order chi connectivity index (χ1) is 9.78. The molecule has 122 valence electrons. The molecule has 0 atom stereocenters. The number of nitrogens with one attached hydrogen (secondary N) is 3. The van der Waals surface area contributed by atoms with E-state index in [4.69, 9.17) is 0 Å². The average Bonchev–Trinajstić information content (AvgIpc) is 3.14. The lowest BCUT2D eigenvalue weighted by molar-refractivity contribution is -0.121. The first-order valence-corrected chi connectivity index (χ1v) is 7.99. The molecular weight excluding hydrogens is 379 g/mol. The van der Waals surface area contributed by atoms with Crippen LogP contribution in [0.25, 0.3) is 0 Å². The quantitative estimate of drug-likeness (QED) is 0.261. The van der Waals surface area contributed by atoms with Crippen LogP contribution in [0.1, 0.15) is 44.9 Å². The van der Waals surface area contributed by atoms with Gasteiger partial charge in [-0.15, -0.1) is 24.0 Å². The number of amides is 1. The molecule has 0 unspecified atom stereocenters. The van der Waals surface area contributed by atoms with Gasteiger partial charge in [-0.05, 0) is 37.5 Å². The van der Waals surface area contributed by atoms with E-state index in [2.05, 4.69) is 20.9 Å². The van der Waals surface area contributed by atoms with Crippen LogP contribution < -0.4 is 16.0 Å². The number of carbonyl (C=O) groups excluding carboxylic acids is 1. The number of halogens is 1. The maximum atomic E-state index is 11.8. The van der Waals surface area contributed by atoms with Crippen LogP contribution >= 0.6 is 24.0 Å². The molecule has 5 nitrogen and oxygen atoms in total. The first-order valence-electron chi connectivity index (χ1n) is 7.99. The van der Waals surface area contributed by atoms with E-state index in [0.717, 1.165) is 25.0 Å². The van der Waals surface area contributed by atoms with Gasteiger partial charge in [-0.25, -0.2) is 0 Å². The molecule has 0 aliphatic heterocycles. The van der Waals surface area contributed by atoms with Crippen molar-refractivity contribution in [2.75, 3.05) is 26.7 Å². The highest BCUT2D eigenvalue weighted by Crippen LogP contribution is 2.27. The van der Waals surface area contributed by atoms with Gasteiger partial charge in [0.25, 0.3) is 0 Å². The summed E-state index contributed by atoms with van der Waals surface area (Å²) in [4.78, 5) is 15.9. The highest BCUT2D eigenvalue weighted by atomic mass is 127. The van der Waals surface area contributed by atoms with Crippen LogP contribution in [0.3, 0.4) is 0 Å². The molecule has 0 heterocycles. The minimum atomic E-state index is 0. The van der Waals surface area contributed by atoms with Gasteiger partial charge >= 0.3 is 0 Å². The van der Waals surface area contributed by atoms with Gasteiger partial charge in [-0.2, -0.15) is 0 Å².